The first-order chi connectivity index (χ1) is 6.81. The summed E-state index contributed by atoms with van der Waals surface area (Å²) >= 11 is 3.38. The minimum Gasteiger partial charge on any atom is -0.493 e. The zero-order chi connectivity index (χ0) is 10.4. The van der Waals surface area contributed by atoms with Gasteiger partial charge < -0.3 is 14.2 Å². The maximum absolute atomic E-state index is 5.31. The summed E-state index contributed by atoms with van der Waals surface area (Å²) in [5, 5.41) is 0.800. The SMILES string of the molecule is COCOc1ccc(CBr)cc1OC. The summed E-state index contributed by atoms with van der Waals surface area (Å²) in [7, 11) is 3.20. The van der Waals surface area contributed by atoms with Crippen molar-refractivity contribution in [3.63, 3.8) is 0 Å². The Kier molecular flexibility index (Phi) is 4.76. The summed E-state index contributed by atoms with van der Waals surface area (Å²) in [6, 6.07) is 5.77. The molecule has 0 saturated heterocycles. The molecule has 1 rings (SSSR count). The van der Waals surface area contributed by atoms with Crippen LogP contribution in [0.2, 0.25) is 0 Å². The van der Waals surface area contributed by atoms with E-state index in [1.54, 1.807) is 14.2 Å². The number of alkyl halides is 1. The number of halogens is 1. The van der Waals surface area contributed by atoms with Crippen LogP contribution in [0.3, 0.4) is 0 Å². The molecule has 0 aromatic heterocycles. The highest BCUT2D eigenvalue weighted by molar-refractivity contribution is 9.08. The van der Waals surface area contributed by atoms with Gasteiger partial charge in [0.25, 0.3) is 0 Å². The van der Waals surface area contributed by atoms with Crippen molar-refractivity contribution in [1.29, 1.82) is 0 Å². The van der Waals surface area contributed by atoms with Crippen molar-refractivity contribution in [3.05, 3.63) is 23.8 Å². The summed E-state index contributed by atoms with van der Waals surface area (Å²) < 4.78 is 15.3. The normalized spacial score (nSPS) is 9.93. The first-order valence-electron chi connectivity index (χ1n) is 4.16. The lowest BCUT2D eigenvalue weighted by Gasteiger charge is -2.10. The Morgan fingerprint density at radius 1 is 1.21 bits per heavy atom. The highest BCUT2D eigenvalue weighted by atomic mass is 79.9. The first kappa shape index (κ1) is 11.3. The van der Waals surface area contributed by atoms with Gasteiger partial charge in [0.2, 0.25) is 0 Å². The van der Waals surface area contributed by atoms with Gasteiger partial charge in [0.15, 0.2) is 18.3 Å². The standard InChI is InChI=1S/C10H13BrO3/c1-12-7-14-9-4-3-8(6-11)5-10(9)13-2/h3-5H,6-7H2,1-2H3. The van der Waals surface area contributed by atoms with E-state index in [-0.39, 0.29) is 6.79 Å². The fourth-order valence-corrected chi connectivity index (χ4v) is 1.39. The largest absolute Gasteiger partial charge is 0.493 e. The van der Waals surface area contributed by atoms with Crippen LogP contribution in [0, 0.1) is 0 Å². The number of rotatable bonds is 5. The van der Waals surface area contributed by atoms with Gasteiger partial charge in [-0.15, -0.1) is 0 Å². The number of hydrogen-bond donors (Lipinski definition) is 0. The summed E-state index contributed by atoms with van der Waals surface area (Å²) in [6.45, 7) is 0.226. The Hall–Kier alpha value is -0.740. The molecule has 0 fully saturated rings. The molecular weight excluding hydrogens is 248 g/mol. The topological polar surface area (TPSA) is 27.7 Å². The maximum Gasteiger partial charge on any atom is 0.188 e. The van der Waals surface area contributed by atoms with Crippen LogP contribution in [0.15, 0.2) is 18.2 Å². The molecule has 0 N–H and O–H groups in total. The van der Waals surface area contributed by atoms with Gasteiger partial charge in [-0.2, -0.15) is 0 Å². The number of benzene rings is 1. The molecule has 4 heteroatoms. The van der Waals surface area contributed by atoms with Crippen LogP contribution in [0.4, 0.5) is 0 Å². The van der Waals surface area contributed by atoms with Gasteiger partial charge in [0.05, 0.1) is 7.11 Å². The van der Waals surface area contributed by atoms with Gasteiger partial charge in [-0.25, -0.2) is 0 Å². The van der Waals surface area contributed by atoms with E-state index in [0.29, 0.717) is 5.75 Å². The lowest BCUT2D eigenvalue weighted by Crippen LogP contribution is -2.00. The Labute approximate surface area is 92.1 Å². The summed E-state index contributed by atoms with van der Waals surface area (Å²) in [5.41, 5.74) is 1.15. The molecule has 0 aliphatic rings. The van der Waals surface area contributed by atoms with E-state index in [9.17, 15) is 0 Å². The summed E-state index contributed by atoms with van der Waals surface area (Å²) in [4.78, 5) is 0. The van der Waals surface area contributed by atoms with Gasteiger partial charge in [-0.3, -0.25) is 0 Å². The smallest absolute Gasteiger partial charge is 0.188 e. The van der Waals surface area contributed by atoms with Crippen LogP contribution in [0.5, 0.6) is 11.5 Å². The average molecular weight is 261 g/mol. The van der Waals surface area contributed by atoms with Gasteiger partial charge in [0, 0.05) is 12.4 Å². The Morgan fingerprint density at radius 3 is 2.57 bits per heavy atom. The molecule has 3 nitrogen and oxygen atoms in total. The fraction of sp³-hybridized carbons (Fsp3) is 0.400. The third-order valence-electron chi connectivity index (χ3n) is 1.71. The Balaban J connectivity index is 2.82. The van der Waals surface area contributed by atoms with E-state index < -0.39 is 0 Å². The molecule has 0 spiro atoms. The molecule has 0 radical (unpaired) electrons. The summed E-state index contributed by atoms with van der Waals surface area (Å²) in [6.07, 6.45) is 0. The molecule has 0 heterocycles. The highest BCUT2D eigenvalue weighted by Gasteiger charge is 2.04. The van der Waals surface area contributed by atoms with Crippen LogP contribution in [0.1, 0.15) is 5.56 Å². The lowest BCUT2D eigenvalue weighted by molar-refractivity contribution is 0.0491. The van der Waals surface area contributed by atoms with Gasteiger partial charge in [-0.05, 0) is 17.7 Å². The van der Waals surface area contributed by atoms with E-state index in [4.69, 9.17) is 14.2 Å². The van der Waals surface area contributed by atoms with Gasteiger partial charge in [0.1, 0.15) is 0 Å². The van der Waals surface area contributed by atoms with E-state index in [2.05, 4.69) is 15.9 Å². The van der Waals surface area contributed by atoms with Crippen molar-refractivity contribution < 1.29 is 14.2 Å². The molecule has 1 aromatic carbocycles. The average Bonchev–Trinajstić information content (AvgIpc) is 2.26. The first-order valence-corrected chi connectivity index (χ1v) is 5.28. The minimum atomic E-state index is 0.226. The molecule has 0 aliphatic carbocycles. The van der Waals surface area contributed by atoms with Crippen molar-refractivity contribution >= 4 is 15.9 Å². The maximum atomic E-state index is 5.31. The molecule has 78 valence electrons. The third kappa shape index (κ3) is 2.89. The van der Waals surface area contributed by atoms with E-state index in [1.807, 2.05) is 18.2 Å². The van der Waals surface area contributed by atoms with Crippen molar-refractivity contribution in [2.24, 2.45) is 0 Å². The molecule has 0 atom stereocenters. The summed E-state index contributed by atoms with van der Waals surface area (Å²) in [5.74, 6) is 1.41. The van der Waals surface area contributed by atoms with Crippen molar-refractivity contribution in [3.8, 4) is 11.5 Å². The second kappa shape index (κ2) is 5.88. The predicted molar refractivity (Wildman–Crippen MR) is 58.1 cm³/mol. The fourth-order valence-electron chi connectivity index (χ4n) is 1.04. The van der Waals surface area contributed by atoms with Crippen molar-refractivity contribution in [2.75, 3.05) is 21.0 Å². The van der Waals surface area contributed by atoms with Crippen molar-refractivity contribution in [2.45, 2.75) is 5.33 Å². The Morgan fingerprint density at radius 2 is 2.00 bits per heavy atom. The van der Waals surface area contributed by atoms with Crippen LogP contribution in [-0.4, -0.2) is 21.0 Å². The zero-order valence-corrected chi connectivity index (χ0v) is 9.83. The second-order valence-corrected chi connectivity index (χ2v) is 3.23. The molecule has 0 aliphatic heterocycles. The molecule has 0 unspecified atom stereocenters. The van der Waals surface area contributed by atoms with E-state index in [1.165, 1.54) is 0 Å². The van der Waals surface area contributed by atoms with E-state index in [0.717, 1.165) is 16.6 Å². The molecule has 14 heavy (non-hydrogen) atoms. The highest BCUT2D eigenvalue weighted by Crippen LogP contribution is 2.28. The van der Waals surface area contributed by atoms with Crippen LogP contribution in [-0.2, 0) is 10.1 Å². The minimum absolute atomic E-state index is 0.226. The van der Waals surface area contributed by atoms with Gasteiger partial charge >= 0.3 is 0 Å². The van der Waals surface area contributed by atoms with Crippen LogP contribution >= 0.6 is 15.9 Å². The number of hydrogen-bond acceptors (Lipinski definition) is 3. The quantitative estimate of drug-likeness (QED) is 0.602. The third-order valence-corrected chi connectivity index (χ3v) is 2.36. The predicted octanol–water partition coefficient (Wildman–Crippen LogP) is 2.57. The number of ether oxygens (including phenoxy) is 3. The molecule has 0 saturated carbocycles. The second-order valence-electron chi connectivity index (χ2n) is 2.67. The number of methoxy groups -OCH3 is 2. The molecular formula is C10H13BrO3. The van der Waals surface area contributed by atoms with Crippen LogP contribution < -0.4 is 9.47 Å². The lowest BCUT2D eigenvalue weighted by atomic mass is 10.2. The molecule has 0 amide bonds. The zero-order valence-electron chi connectivity index (χ0n) is 8.25. The monoisotopic (exact) mass is 260 g/mol. The Bertz CT molecular complexity index is 289. The van der Waals surface area contributed by atoms with Crippen LogP contribution in [0.25, 0.3) is 0 Å². The van der Waals surface area contributed by atoms with Gasteiger partial charge in [-0.1, -0.05) is 22.0 Å². The van der Waals surface area contributed by atoms with Crippen molar-refractivity contribution in [1.82, 2.24) is 0 Å². The molecule has 1 aromatic rings. The molecule has 0 bridgehead atoms. The van der Waals surface area contributed by atoms with E-state index >= 15 is 0 Å².